The van der Waals surface area contributed by atoms with Gasteiger partial charge in [-0.3, -0.25) is 14.4 Å². The lowest BCUT2D eigenvalue weighted by Crippen LogP contribution is -2.30. The third kappa shape index (κ3) is 66.3. The Morgan fingerprint density at radius 3 is 0.658 bits per heavy atom. The van der Waals surface area contributed by atoms with Crippen LogP contribution in [0.4, 0.5) is 0 Å². The second-order valence-electron chi connectivity index (χ2n) is 24.1. The minimum absolute atomic E-state index is 0.0737. The maximum atomic E-state index is 12.9. The van der Waals surface area contributed by atoms with Crippen LogP contribution < -0.4 is 0 Å². The number of hydrogen-bond acceptors (Lipinski definition) is 6. The molecule has 0 rings (SSSR count). The molecule has 0 bridgehead atoms. The van der Waals surface area contributed by atoms with Crippen molar-refractivity contribution in [3.63, 3.8) is 0 Å². The first kappa shape index (κ1) is 76.6. The van der Waals surface area contributed by atoms with E-state index in [1.54, 1.807) is 0 Å². The highest BCUT2D eigenvalue weighted by Crippen LogP contribution is 2.18. The van der Waals surface area contributed by atoms with E-state index in [4.69, 9.17) is 14.2 Å². The fourth-order valence-corrected chi connectivity index (χ4v) is 10.7. The van der Waals surface area contributed by atoms with Gasteiger partial charge in [-0.1, -0.05) is 314 Å². The first-order valence-electron chi connectivity index (χ1n) is 35.5. The Morgan fingerprint density at radius 1 is 0.241 bits per heavy atom. The summed E-state index contributed by atoms with van der Waals surface area (Å²) < 4.78 is 16.9. The highest BCUT2D eigenvalue weighted by atomic mass is 16.6. The molecule has 0 aliphatic carbocycles. The summed E-state index contributed by atoms with van der Waals surface area (Å²) in [6.45, 7) is 6.66. The summed E-state index contributed by atoms with van der Waals surface area (Å²) in [5.41, 5.74) is 0. The minimum Gasteiger partial charge on any atom is -0.462 e. The van der Waals surface area contributed by atoms with Crippen LogP contribution in [0.5, 0.6) is 0 Å². The van der Waals surface area contributed by atoms with Gasteiger partial charge in [0.25, 0.3) is 0 Å². The van der Waals surface area contributed by atoms with E-state index in [9.17, 15) is 14.4 Å². The number of allylic oxidation sites excluding steroid dienone is 6. The van der Waals surface area contributed by atoms with Crippen molar-refractivity contribution in [1.82, 2.24) is 0 Å². The Bertz CT molecular complexity index is 1320. The van der Waals surface area contributed by atoms with Gasteiger partial charge in [0.15, 0.2) is 6.10 Å². The van der Waals surface area contributed by atoms with Gasteiger partial charge in [0, 0.05) is 19.3 Å². The maximum Gasteiger partial charge on any atom is 0.306 e. The largest absolute Gasteiger partial charge is 0.462 e. The molecule has 1 unspecified atom stereocenters. The third-order valence-electron chi connectivity index (χ3n) is 16.1. The van der Waals surface area contributed by atoms with Crippen LogP contribution in [0.2, 0.25) is 0 Å². The molecule has 464 valence electrons. The minimum atomic E-state index is -0.778. The predicted molar refractivity (Wildman–Crippen MR) is 344 cm³/mol. The van der Waals surface area contributed by atoms with Gasteiger partial charge in [0.1, 0.15) is 13.2 Å². The van der Waals surface area contributed by atoms with E-state index in [1.165, 1.54) is 283 Å². The average molecular weight is 1110 g/mol. The number of ether oxygens (including phenoxy) is 3. The molecule has 0 heterocycles. The van der Waals surface area contributed by atoms with Crippen LogP contribution >= 0.6 is 0 Å². The van der Waals surface area contributed by atoms with Crippen LogP contribution in [0.25, 0.3) is 0 Å². The van der Waals surface area contributed by atoms with Crippen LogP contribution in [0.1, 0.15) is 393 Å². The van der Waals surface area contributed by atoms with Gasteiger partial charge in [-0.05, 0) is 96.3 Å². The van der Waals surface area contributed by atoms with E-state index in [-0.39, 0.29) is 31.1 Å². The number of carbonyl (C=O) groups excluding carboxylic acids is 3. The van der Waals surface area contributed by atoms with Gasteiger partial charge >= 0.3 is 17.9 Å². The molecule has 6 nitrogen and oxygen atoms in total. The smallest absolute Gasteiger partial charge is 0.306 e. The summed E-state index contributed by atoms with van der Waals surface area (Å²) in [4.78, 5) is 38.3. The monoisotopic (exact) mass is 1110 g/mol. The first-order valence-corrected chi connectivity index (χ1v) is 35.5. The molecule has 1 atom stereocenters. The van der Waals surface area contributed by atoms with Gasteiger partial charge in [-0.15, -0.1) is 0 Å². The standard InChI is InChI=1S/C73H136O6/c1-4-7-10-13-16-19-22-25-27-29-30-31-32-33-34-35-36-37-38-39-40-41-42-43-44-45-47-48-51-54-57-60-63-66-72(75)78-69-70(68-77-71(74)65-62-59-56-53-50-24-21-18-15-12-9-6-3)79-73(76)67-64-61-58-55-52-49-46-28-26-23-20-17-14-11-8-5-2/h18,21,28-30,46,70H,4-17,19-20,22-27,31-45,47-69H2,1-3H3/b21-18-,30-29-,46-28-. The molecule has 0 aromatic carbocycles. The molecule has 0 saturated carbocycles. The second kappa shape index (κ2) is 68.1. The fraction of sp³-hybridized carbons (Fsp3) is 0.877. The number of carbonyl (C=O) groups is 3. The van der Waals surface area contributed by atoms with E-state index in [0.29, 0.717) is 19.3 Å². The van der Waals surface area contributed by atoms with Crippen molar-refractivity contribution in [2.45, 2.75) is 399 Å². The van der Waals surface area contributed by atoms with E-state index < -0.39 is 6.10 Å². The van der Waals surface area contributed by atoms with Gasteiger partial charge in [-0.25, -0.2) is 0 Å². The van der Waals surface area contributed by atoms with E-state index in [1.807, 2.05) is 0 Å². The highest BCUT2D eigenvalue weighted by Gasteiger charge is 2.19. The number of esters is 3. The summed E-state index contributed by atoms with van der Waals surface area (Å²) in [7, 11) is 0. The van der Waals surface area contributed by atoms with Crippen LogP contribution in [-0.4, -0.2) is 37.2 Å². The lowest BCUT2D eigenvalue weighted by molar-refractivity contribution is -0.167. The molecule has 0 aromatic rings. The van der Waals surface area contributed by atoms with Gasteiger partial charge < -0.3 is 14.2 Å². The normalized spacial score (nSPS) is 12.2. The SMILES string of the molecule is CCCCC/C=C\CCCCCCCC(=O)OCC(COC(=O)CCCCCCCCCCCCCCCCCCCCCCC/C=C\CCCCCCCCCC)OC(=O)CCCCCCC/C=C\CCCCCCCCC. The van der Waals surface area contributed by atoms with E-state index >= 15 is 0 Å². The van der Waals surface area contributed by atoms with Crippen molar-refractivity contribution >= 4 is 17.9 Å². The summed E-state index contributed by atoms with van der Waals surface area (Å²) in [5, 5.41) is 0. The molecule has 0 N–H and O–H groups in total. The molecule has 0 spiro atoms. The summed E-state index contributed by atoms with van der Waals surface area (Å²) in [6.07, 6.45) is 84.8. The summed E-state index contributed by atoms with van der Waals surface area (Å²) in [5.74, 6) is -0.868. The zero-order chi connectivity index (χ0) is 57.1. The Kier molecular flexibility index (Phi) is 66.1. The van der Waals surface area contributed by atoms with E-state index in [2.05, 4.69) is 57.2 Å². The van der Waals surface area contributed by atoms with Crippen molar-refractivity contribution < 1.29 is 28.6 Å². The number of unbranched alkanes of at least 4 members (excludes halogenated alkanes) is 49. The highest BCUT2D eigenvalue weighted by molar-refractivity contribution is 5.71. The predicted octanol–water partition coefficient (Wildman–Crippen LogP) is 24.3. The Balaban J connectivity index is 4.08. The maximum absolute atomic E-state index is 12.9. The molecule has 0 aliphatic rings. The van der Waals surface area contributed by atoms with Gasteiger partial charge in [0.2, 0.25) is 0 Å². The lowest BCUT2D eigenvalue weighted by atomic mass is 10.0. The molecule has 0 amide bonds. The van der Waals surface area contributed by atoms with Crippen LogP contribution in [0.3, 0.4) is 0 Å². The average Bonchev–Trinajstić information content (AvgIpc) is 3.45. The van der Waals surface area contributed by atoms with Gasteiger partial charge in [-0.2, -0.15) is 0 Å². The second-order valence-corrected chi connectivity index (χ2v) is 24.1. The van der Waals surface area contributed by atoms with Crippen molar-refractivity contribution in [3.05, 3.63) is 36.5 Å². The van der Waals surface area contributed by atoms with Crippen molar-refractivity contribution in [1.29, 1.82) is 0 Å². The fourth-order valence-electron chi connectivity index (χ4n) is 10.7. The van der Waals surface area contributed by atoms with E-state index in [0.717, 1.165) is 70.6 Å². The van der Waals surface area contributed by atoms with Crippen LogP contribution in [-0.2, 0) is 28.6 Å². The quantitative estimate of drug-likeness (QED) is 0.0261. The number of rotatable bonds is 66. The molecule has 0 radical (unpaired) electrons. The summed E-state index contributed by atoms with van der Waals surface area (Å²) >= 11 is 0. The Morgan fingerprint density at radius 2 is 0.418 bits per heavy atom. The number of hydrogen-bond donors (Lipinski definition) is 0. The topological polar surface area (TPSA) is 78.9 Å². The zero-order valence-corrected chi connectivity index (χ0v) is 53.4. The molecule has 0 aliphatic heterocycles. The Hall–Kier alpha value is -2.37. The summed E-state index contributed by atoms with van der Waals surface area (Å²) in [6, 6.07) is 0. The zero-order valence-electron chi connectivity index (χ0n) is 53.4. The Labute approximate surface area is 493 Å². The first-order chi connectivity index (χ1) is 39.0. The van der Waals surface area contributed by atoms with Crippen LogP contribution in [0, 0.1) is 0 Å². The molecule has 0 fully saturated rings. The van der Waals surface area contributed by atoms with Crippen molar-refractivity contribution in [2.24, 2.45) is 0 Å². The molecule has 0 saturated heterocycles. The molecular formula is C73H136O6. The molecular weight excluding hydrogens is 973 g/mol. The lowest BCUT2D eigenvalue weighted by Gasteiger charge is -2.18. The molecule has 79 heavy (non-hydrogen) atoms. The van der Waals surface area contributed by atoms with Gasteiger partial charge in [0.05, 0.1) is 0 Å². The van der Waals surface area contributed by atoms with Crippen molar-refractivity contribution in [2.75, 3.05) is 13.2 Å². The molecule has 0 aromatic heterocycles. The van der Waals surface area contributed by atoms with Crippen LogP contribution in [0.15, 0.2) is 36.5 Å². The third-order valence-corrected chi connectivity index (χ3v) is 16.1. The molecule has 6 heteroatoms. The van der Waals surface area contributed by atoms with Crippen molar-refractivity contribution in [3.8, 4) is 0 Å².